The third-order valence-corrected chi connectivity index (χ3v) is 2.55. The average molecular weight is 205 g/mol. The number of carbonyl (C=O) groups excluding carboxylic acids is 1. The second-order valence-electron chi connectivity index (χ2n) is 3.06. The van der Waals surface area contributed by atoms with Crippen molar-refractivity contribution >= 4 is 17.6 Å². The maximum atomic E-state index is 11.3. The summed E-state index contributed by atoms with van der Waals surface area (Å²) in [7, 11) is 0. The Labute approximate surface area is 82.3 Å². The Morgan fingerprint density at radius 2 is 2.38 bits per heavy atom. The molecule has 0 aliphatic carbocycles. The van der Waals surface area contributed by atoms with Crippen LogP contribution in [0.25, 0.3) is 0 Å². The molecule has 4 heteroatoms. The van der Waals surface area contributed by atoms with Crippen LogP contribution in [0, 0.1) is 11.8 Å². The molecular weight excluding hydrogens is 192 g/mol. The third-order valence-electron chi connectivity index (χ3n) is 2.34. The van der Waals surface area contributed by atoms with Crippen LogP contribution >= 0.6 is 11.6 Å². The number of hydrogen-bond donors (Lipinski definition) is 1. The summed E-state index contributed by atoms with van der Waals surface area (Å²) in [5.41, 5.74) is 0. The highest BCUT2D eigenvalue weighted by Crippen LogP contribution is 2.31. The standard InChI is InChI=1S/C9H13ClO3/c1-2-6-7(3-4-10)9(12)13-8(6)5-11/h2,6-8,11H,1,3-5H2/t6-,7-,8-/m1/s1. The van der Waals surface area contributed by atoms with Gasteiger partial charge in [0.15, 0.2) is 0 Å². The van der Waals surface area contributed by atoms with Gasteiger partial charge in [0.1, 0.15) is 6.10 Å². The van der Waals surface area contributed by atoms with Crippen molar-refractivity contribution in [3.63, 3.8) is 0 Å². The number of ether oxygens (including phenoxy) is 1. The molecule has 0 unspecified atom stereocenters. The molecule has 1 heterocycles. The van der Waals surface area contributed by atoms with E-state index in [9.17, 15) is 4.79 Å². The fraction of sp³-hybridized carbons (Fsp3) is 0.667. The minimum absolute atomic E-state index is 0.101. The summed E-state index contributed by atoms with van der Waals surface area (Å²) in [5.74, 6) is -0.185. The number of cyclic esters (lactones) is 1. The van der Waals surface area contributed by atoms with Crippen LogP contribution in [0.1, 0.15) is 6.42 Å². The largest absolute Gasteiger partial charge is 0.459 e. The van der Waals surface area contributed by atoms with Crippen LogP contribution in [0.2, 0.25) is 0 Å². The fourth-order valence-corrected chi connectivity index (χ4v) is 1.87. The Morgan fingerprint density at radius 1 is 1.69 bits per heavy atom. The lowest BCUT2D eigenvalue weighted by Crippen LogP contribution is -2.22. The molecule has 1 aliphatic rings. The number of aliphatic hydroxyl groups is 1. The van der Waals surface area contributed by atoms with Gasteiger partial charge in [-0.3, -0.25) is 4.79 Å². The van der Waals surface area contributed by atoms with E-state index in [4.69, 9.17) is 21.4 Å². The van der Waals surface area contributed by atoms with Gasteiger partial charge in [-0.2, -0.15) is 0 Å². The van der Waals surface area contributed by atoms with Crippen LogP contribution in [-0.4, -0.2) is 29.7 Å². The zero-order valence-corrected chi connectivity index (χ0v) is 8.04. The zero-order chi connectivity index (χ0) is 9.84. The molecule has 0 aromatic rings. The number of alkyl halides is 1. The van der Waals surface area contributed by atoms with Gasteiger partial charge in [-0.1, -0.05) is 6.08 Å². The molecule has 0 amide bonds. The summed E-state index contributed by atoms with van der Waals surface area (Å²) in [6.07, 6.45) is 1.80. The van der Waals surface area contributed by atoms with Crippen LogP contribution in [-0.2, 0) is 9.53 Å². The molecule has 0 saturated carbocycles. The number of carbonyl (C=O) groups is 1. The zero-order valence-electron chi connectivity index (χ0n) is 7.28. The number of halogens is 1. The summed E-state index contributed by atoms with van der Waals surface area (Å²) in [6.45, 7) is 3.47. The highest BCUT2D eigenvalue weighted by molar-refractivity contribution is 6.18. The van der Waals surface area contributed by atoms with Crippen LogP contribution in [0.5, 0.6) is 0 Å². The first-order valence-electron chi connectivity index (χ1n) is 4.24. The summed E-state index contributed by atoms with van der Waals surface area (Å²) >= 11 is 5.56. The smallest absolute Gasteiger partial charge is 0.310 e. The molecule has 1 rings (SSSR count). The van der Waals surface area contributed by atoms with Gasteiger partial charge in [-0.05, 0) is 6.42 Å². The van der Waals surface area contributed by atoms with Crippen molar-refractivity contribution in [1.29, 1.82) is 0 Å². The van der Waals surface area contributed by atoms with Gasteiger partial charge in [0.05, 0.1) is 12.5 Å². The van der Waals surface area contributed by atoms with Crippen molar-refractivity contribution in [1.82, 2.24) is 0 Å². The van der Waals surface area contributed by atoms with Crippen molar-refractivity contribution < 1.29 is 14.6 Å². The monoisotopic (exact) mass is 204 g/mol. The van der Waals surface area contributed by atoms with Gasteiger partial charge < -0.3 is 9.84 Å². The summed E-state index contributed by atoms with van der Waals surface area (Å²) in [6, 6.07) is 0. The summed E-state index contributed by atoms with van der Waals surface area (Å²) in [4.78, 5) is 11.3. The van der Waals surface area contributed by atoms with Gasteiger partial charge in [-0.15, -0.1) is 18.2 Å². The van der Waals surface area contributed by atoms with Crippen LogP contribution in [0.15, 0.2) is 12.7 Å². The van der Waals surface area contributed by atoms with Gasteiger partial charge >= 0.3 is 5.97 Å². The minimum Gasteiger partial charge on any atom is -0.459 e. The van der Waals surface area contributed by atoms with Crippen molar-refractivity contribution in [3.8, 4) is 0 Å². The predicted molar refractivity (Wildman–Crippen MR) is 49.5 cm³/mol. The quantitative estimate of drug-likeness (QED) is 0.422. The molecule has 1 aliphatic heterocycles. The first-order valence-corrected chi connectivity index (χ1v) is 4.78. The Balaban J connectivity index is 2.70. The van der Waals surface area contributed by atoms with Crippen LogP contribution in [0.3, 0.4) is 0 Å². The van der Waals surface area contributed by atoms with E-state index in [1.165, 1.54) is 0 Å². The molecule has 0 aromatic heterocycles. The van der Waals surface area contributed by atoms with Crippen molar-refractivity contribution in [3.05, 3.63) is 12.7 Å². The van der Waals surface area contributed by atoms with E-state index in [1.54, 1.807) is 6.08 Å². The first kappa shape index (κ1) is 10.5. The molecule has 1 fully saturated rings. The molecule has 0 radical (unpaired) electrons. The average Bonchev–Trinajstić information content (AvgIpc) is 2.44. The van der Waals surface area contributed by atoms with Crippen LogP contribution < -0.4 is 0 Å². The molecule has 3 nitrogen and oxygen atoms in total. The topological polar surface area (TPSA) is 46.5 Å². The second-order valence-corrected chi connectivity index (χ2v) is 3.43. The molecule has 1 N–H and O–H groups in total. The second kappa shape index (κ2) is 4.63. The van der Waals surface area contributed by atoms with E-state index < -0.39 is 6.10 Å². The lowest BCUT2D eigenvalue weighted by molar-refractivity contribution is -0.145. The van der Waals surface area contributed by atoms with Crippen molar-refractivity contribution in [2.75, 3.05) is 12.5 Å². The van der Waals surface area contributed by atoms with E-state index in [2.05, 4.69) is 6.58 Å². The normalized spacial score (nSPS) is 33.1. The van der Waals surface area contributed by atoms with Crippen LogP contribution in [0.4, 0.5) is 0 Å². The Bertz CT molecular complexity index is 205. The summed E-state index contributed by atoms with van der Waals surface area (Å²) in [5, 5.41) is 8.91. The third kappa shape index (κ3) is 2.03. The van der Waals surface area contributed by atoms with Crippen molar-refractivity contribution in [2.24, 2.45) is 11.8 Å². The molecular formula is C9H13ClO3. The number of rotatable bonds is 4. The van der Waals surface area contributed by atoms with Crippen molar-refractivity contribution in [2.45, 2.75) is 12.5 Å². The minimum atomic E-state index is -0.432. The lowest BCUT2D eigenvalue weighted by atomic mass is 9.89. The maximum absolute atomic E-state index is 11.3. The van der Waals surface area contributed by atoms with Gasteiger partial charge in [0.25, 0.3) is 0 Å². The lowest BCUT2D eigenvalue weighted by Gasteiger charge is -2.13. The Hall–Kier alpha value is -0.540. The first-order chi connectivity index (χ1) is 6.24. The predicted octanol–water partition coefficient (Wildman–Crippen LogP) is 0.951. The molecule has 0 aromatic carbocycles. The summed E-state index contributed by atoms with van der Waals surface area (Å²) < 4.78 is 4.96. The maximum Gasteiger partial charge on any atom is 0.310 e. The van der Waals surface area contributed by atoms with Gasteiger partial charge in [0.2, 0.25) is 0 Å². The molecule has 0 bridgehead atoms. The number of aliphatic hydroxyl groups excluding tert-OH is 1. The highest BCUT2D eigenvalue weighted by Gasteiger charge is 2.41. The van der Waals surface area contributed by atoms with E-state index >= 15 is 0 Å². The van der Waals surface area contributed by atoms with Gasteiger partial charge in [-0.25, -0.2) is 0 Å². The molecule has 0 spiro atoms. The number of hydrogen-bond acceptors (Lipinski definition) is 3. The van der Waals surface area contributed by atoms with E-state index in [0.29, 0.717) is 12.3 Å². The Kier molecular flexibility index (Phi) is 3.75. The molecule has 3 atom stereocenters. The molecule has 1 saturated heterocycles. The van der Waals surface area contributed by atoms with E-state index in [1.807, 2.05) is 0 Å². The molecule has 74 valence electrons. The fourth-order valence-electron chi connectivity index (χ4n) is 1.63. The molecule has 13 heavy (non-hydrogen) atoms. The SMILES string of the molecule is C=C[C@H]1[C@@H](CO)OC(=O)[C@@H]1CCCl. The van der Waals surface area contributed by atoms with E-state index in [-0.39, 0.29) is 24.4 Å². The Morgan fingerprint density at radius 3 is 2.85 bits per heavy atom. The highest BCUT2D eigenvalue weighted by atomic mass is 35.5. The van der Waals surface area contributed by atoms with Gasteiger partial charge in [0, 0.05) is 11.8 Å². The van der Waals surface area contributed by atoms with E-state index in [0.717, 1.165) is 0 Å². The number of esters is 1.